The second kappa shape index (κ2) is 8.28. The van der Waals surface area contributed by atoms with E-state index >= 15 is 0 Å². The van der Waals surface area contributed by atoms with Gasteiger partial charge >= 0.3 is 0 Å². The van der Waals surface area contributed by atoms with Crippen molar-refractivity contribution in [2.75, 3.05) is 13.2 Å². The lowest BCUT2D eigenvalue weighted by Crippen LogP contribution is -2.29. The molecular weight excluding hydrogens is 334 g/mol. The minimum Gasteiger partial charge on any atom is -0.395 e. The average Bonchev–Trinajstić information content (AvgIpc) is 2.77. The quantitative estimate of drug-likeness (QED) is 0.635. The first-order chi connectivity index (χ1) is 12.1. The van der Waals surface area contributed by atoms with Gasteiger partial charge in [-0.05, 0) is 30.9 Å². The number of nitrogens with one attached hydrogen (secondary N) is 1. The molecule has 0 unspecified atom stereocenters. The molecule has 0 radical (unpaired) electrons. The topological polar surface area (TPSA) is 54.3 Å². The van der Waals surface area contributed by atoms with Crippen LogP contribution in [0.4, 0.5) is 0 Å². The molecule has 6 heteroatoms. The summed E-state index contributed by atoms with van der Waals surface area (Å²) in [7, 11) is 1.98. The van der Waals surface area contributed by atoms with E-state index in [9.17, 15) is 9.90 Å². The van der Waals surface area contributed by atoms with E-state index < -0.39 is 0 Å². The SMILES string of the molecule is Bc1cc(Cl)c2c(C(=O)NCC3CCCCCC3)cn(CCO)c2c1. The van der Waals surface area contributed by atoms with Gasteiger partial charge in [0.2, 0.25) is 0 Å². The summed E-state index contributed by atoms with van der Waals surface area (Å²) in [5, 5.41) is 13.8. The Labute approximate surface area is 155 Å². The van der Waals surface area contributed by atoms with Crippen LogP contribution in [0.1, 0.15) is 48.9 Å². The van der Waals surface area contributed by atoms with Crippen molar-refractivity contribution in [2.24, 2.45) is 5.92 Å². The number of aliphatic hydroxyl groups is 1. The van der Waals surface area contributed by atoms with Crippen LogP contribution in [0.15, 0.2) is 18.3 Å². The van der Waals surface area contributed by atoms with E-state index in [1.807, 2.05) is 30.7 Å². The molecule has 0 spiro atoms. The molecule has 1 saturated carbocycles. The number of amides is 1. The Morgan fingerprint density at radius 3 is 2.68 bits per heavy atom. The molecule has 2 N–H and O–H groups in total. The van der Waals surface area contributed by atoms with Gasteiger partial charge in [-0.25, -0.2) is 0 Å². The number of rotatable bonds is 5. The number of aromatic nitrogens is 1. The highest BCUT2D eigenvalue weighted by Crippen LogP contribution is 2.28. The van der Waals surface area contributed by atoms with Crippen LogP contribution in [-0.4, -0.2) is 36.6 Å². The van der Waals surface area contributed by atoms with Crippen molar-refractivity contribution in [3.05, 3.63) is 28.9 Å². The molecule has 0 atom stereocenters. The van der Waals surface area contributed by atoms with Gasteiger partial charge in [0.05, 0.1) is 17.2 Å². The van der Waals surface area contributed by atoms with Crippen LogP contribution >= 0.6 is 11.6 Å². The third kappa shape index (κ3) is 4.21. The fraction of sp³-hybridized carbons (Fsp3) is 0.526. The van der Waals surface area contributed by atoms with E-state index in [4.69, 9.17) is 11.6 Å². The summed E-state index contributed by atoms with van der Waals surface area (Å²) in [6, 6.07) is 3.90. The van der Waals surface area contributed by atoms with Gasteiger partial charge in [0.1, 0.15) is 7.85 Å². The Balaban J connectivity index is 1.83. The van der Waals surface area contributed by atoms with Crippen LogP contribution in [0.25, 0.3) is 10.9 Å². The summed E-state index contributed by atoms with van der Waals surface area (Å²) in [6.07, 6.45) is 9.37. The van der Waals surface area contributed by atoms with Crippen molar-refractivity contribution in [1.82, 2.24) is 9.88 Å². The molecule has 0 aliphatic heterocycles. The highest BCUT2D eigenvalue weighted by molar-refractivity contribution is 6.41. The van der Waals surface area contributed by atoms with Gasteiger partial charge in [-0.3, -0.25) is 4.79 Å². The van der Waals surface area contributed by atoms with E-state index in [0.717, 1.165) is 22.9 Å². The molecule has 1 heterocycles. The maximum Gasteiger partial charge on any atom is 0.253 e. The molecule has 2 aromatic rings. The molecule has 134 valence electrons. The minimum atomic E-state index is -0.0725. The Bertz CT molecular complexity index is 751. The van der Waals surface area contributed by atoms with Crippen molar-refractivity contribution >= 4 is 41.7 Å². The predicted octanol–water partition coefficient (Wildman–Crippen LogP) is 2.25. The highest BCUT2D eigenvalue weighted by Gasteiger charge is 2.19. The van der Waals surface area contributed by atoms with E-state index in [1.165, 1.54) is 38.5 Å². The van der Waals surface area contributed by atoms with Crippen molar-refractivity contribution in [3.63, 3.8) is 0 Å². The van der Waals surface area contributed by atoms with Crippen molar-refractivity contribution in [2.45, 2.75) is 45.1 Å². The molecule has 1 fully saturated rings. The summed E-state index contributed by atoms with van der Waals surface area (Å²) in [5.74, 6) is 0.506. The van der Waals surface area contributed by atoms with Gasteiger partial charge in [-0.15, -0.1) is 0 Å². The largest absolute Gasteiger partial charge is 0.395 e. The van der Waals surface area contributed by atoms with Gasteiger partial charge in [0.15, 0.2) is 0 Å². The van der Waals surface area contributed by atoms with E-state index in [-0.39, 0.29) is 12.5 Å². The summed E-state index contributed by atoms with van der Waals surface area (Å²) in [6.45, 7) is 1.21. The van der Waals surface area contributed by atoms with Gasteiger partial charge in [-0.1, -0.05) is 42.7 Å². The molecular formula is C19H26BClN2O2. The molecule has 0 bridgehead atoms. The Morgan fingerprint density at radius 2 is 2.00 bits per heavy atom. The molecule has 3 rings (SSSR count). The summed E-state index contributed by atoms with van der Waals surface area (Å²) >= 11 is 6.44. The molecule has 1 aliphatic carbocycles. The Kier molecular flexibility index (Phi) is 6.08. The zero-order valence-electron chi connectivity index (χ0n) is 14.9. The Hall–Kier alpha value is -1.46. The van der Waals surface area contributed by atoms with Crippen LogP contribution in [0, 0.1) is 5.92 Å². The standard InChI is InChI=1S/C19H26BClN2O2/c20-14-9-16(21)18-15(12-23(7-8-24)17(18)10-14)19(25)22-11-13-5-3-1-2-4-6-13/h9-10,12-13,24H,1-8,11,20H2,(H,22,25). The second-order valence-electron chi connectivity index (χ2n) is 7.17. The Morgan fingerprint density at radius 1 is 1.28 bits per heavy atom. The van der Waals surface area contributed by atoms with Gasteiger partial charge in [0, 0.05) is 30.2 Å². The number of hydrogen-bond acceptors (Lipinski definition) is 2. The first-order valence-electron chi connectivity index (χ1n) is 9.28. The maximum absolute atomic E-state index is 12.8. The summed E-state index contributed by atoms with van der Waals surface area (Å²) < 4.78 is 1.91. The predicted molar refractivity (Wildman–Crippen MR) is 106 cm³/mol. The lowest BCUT2D eigenvalue weighted by atomic mass is 9.94. The van der Waals surface area contributed by atoms with Crippen molar-refractivity contribution in [1.29, 1.82) is 0 Å². The normalized spacial score (nSPS) is 16.1. The van der Waals surface area contributed by atoms with Crippen LogP contribution in [0.2, 0.25) is 5.02 Å². The molecule has 1 amide bonds. The lowest BCUT2D eigenvalue weighted by molar-refractivity contribution is 0.0947. The zero-order chi connectivity index (χ0) is 17.8. The fourth-order valence-corrected chi connectivity index (χ4v) is 4.24. The molecule has 0 saturated heterocycles. The number of carbonyl (C=O) groups excluding carboxylic acids is 1. The number of benzene rings is 1. The first-order valence-corrected chi connectivity index (χ1v) is 9.66. The molecule has 4 nitrogen and oxygen atoms in total. The first kappa shape index (κ1) is 18.3. The third-order valence-corrected chi connectivity index (χ3v) is 5.49. The van der Waals surface area contributed by atoms with Crippen LogP contribution in [0.5, 0.6) is 0 Å². The highest BCUT2D eigenvalue weighted by atomic mass is 35.5. The molecule has 1 aromatic carbocycles. The van der Waals surface area contributed by atoms with Gasteiger partial charge in [-0.2, -0.15) is 0 Å². The minimum absolute atomic E-state index is 0.0263. The van der Waals surface area contributed by atoms with Crippen molar-refractivity contribution < 1.29 is 9.90 Å². The van der Waals surface area contributed by atoms with Crippen LogP contribution in [-0.2, 0) is 6.54 Å². The van der Waals surface area contributed by atoms with Gasteiger partial charge < -0.3 is 15.0 Å². The summed E-state index contributed by atoms with van der Waals surface area (Å²) in [4.78, 5) is 12.8. The average molecular weight is 361 g/mol. The number of halogens is 1. The van der Waals surface area contributed by atoms with E-state index in [0.29, 0.717) is 23.0 Å². The van der Waals surface area contributed by atoms with Gasteiger partial charge in [0.25, 0.3) is 5.91 Å². The fourth-order valence-electron chi connectivity index (χ4n) is 3.87. The number of hydrogen-bond donors (Lipinski definition) is 2. The lowest BCUT2D eigenvalue weighted by Gasteiger charge is -2.14. The maximum atomic E-state index is 12.8. The van der Waals surface area contributed by atoms with Crippen molar-refractivity contribution in [3.8, 4) is 0 Å². The molecule has 25 heavy (non-hydrogen) atoms. The monoisotopic (exact) mass is 360 g/mol. The summed E-state index contributed by atoms with van der Waals surface area (Å²) in [5.41, 5.74) is 2.54. The zero-order valence-corrected chi connectivity index (χ0v) is 15.6. The number of fused-ring (bicyclic) bond motifs is 1. The smallest absolute Gasteiger partial charge is 0.253 e. The number of carbonyl (C=O) groups is 1. The van der Waals surface area contributed by atoms with E-state index in [1.54, 1.807) is 0 Å². The van der Waals surface area contributed by atoms with Crippen LogP contribution < -0.4 is 10.8 Å². The van der Waals surface area contributed by atoms with E-state index in [2.05, 4.69) is 5.32 Å². The second-order valence-corrected chi connectivity index (χ2v) is 7.58. The number of nitrogens with zero attached hydrogens (tertiary/aromatic N) is 1. The van der Waals surface area contributed by atoms with Crippen LogP contribution in [0.3, 0.4) is 0 Å². The molecule has 1 aromatic heterocycles. The number of aliphatic hydroxyl groups excluding tert-OH is 1. The molecule has 1 aliphatic rings. The third-order valence-electron chi connectivity index (χ3n) is 5.19.